The molecule has 7 heteroatoms. The number of nitrogens with one attached hydrogen (secondary N) is 1. The van der Waals surface area contributed by atoms with E-state index in [1.54, 1.807) is 29.9 Å². The minimum Gasteiger partial charge on any atom is -0.410 e. The summed E-state index contributed by atoms with van der Waals surface area (Å²) >= 11 is 0. The van der Waals surface area contributed by atoms with Gasteiger partial charge in [0.1, 0.15) is 5.75 Å². The molecule has 0 unspecified atom stereocenters. The molecule has 0 saturated heterocycles. The van der Waals surface area contributed by atoms with Crippen molar-refractivity contribution in [3.8, 4) is 22.6 Å². The highest BCUT2D eigenvalue weighted by atomic mass is 16.6. The van der Waals surface area contributed by atoms with Crippen LogP contribution in [0.3, 0.4) is 0 Å². The van der Waals surface area contributed by atoms with Crippen LogP contribution in [0, 0.1) is 13.8 Å². The van der Waals surface area contributed by atoms with Crippen molar-refractivity contribution in [2.45, 2.75) is 26.8 Å². The Kier molecular flexibility index (Phi) is 5.52. The molecule has 0 aliphatic carbocycles. The van der Waals surface area contributed by atoms with Crippen molar-refractivity contribution in [2.24, 2.45) is 0 Å². The molecule has 0 radical (unpaired) electrons. The molecule has 140 valence electrons. The van der Waals surface area contributed by atoms with Crippen molar-refractivity contribution in [1.29, 1.82) is 0 Å². The zero-order valence-electron chi connectivity index (χ0n) is 15.5. The Bertz CT molecular complexity index is 935. The molecule has 0 fully saturated rings. The van der Waals surface area contributed by atoms with E-state index >= 15 is 0 Å². The second-order valence-electron chi connectivity index (χ2n) is 6.49. The average Bonchev–Trinajstić information content (AvgIpc) is 3.07. The molecular formula is C20H22N4O3. The van der Waals surface area contributed by atoms with Gasteiger partial charge in [0.25, 0.3) is 0 Å². The fourth-order valence-corrected chi connectivity index (χ4v) is 2.60. The molecule has 3 aromatic rings. The zero-order valence-corrected chi connectivity index (χ0v) is 15.5. The van der Waals surface area contributed by atoms with Crippen molar-refractivity contribution < 1.29 is 14.6 Å². The number of ether oxygens (including phenoxy) is 1. The Morgan fingerprint density at radius 2 is 1.93 bits per heavy atom. The molecule has 2 aromatic carbocycles. The lowest BCUT2D eigenvalue weighted by atomic mass is 10.0. The van der Waals surface area contributed by atoms with Crippen LogP contribution >= 0.6 is 0 Å². The number of carbonyl (C=O) groups excluding carboxylic acids is 1. The lowest BCUT2D eigenvalue weighted by Gasteiger charge is -2.14. The van der Waals surface area contributed by atoms with Gasteiger partial charge in [0.15, 0.2) is 0 Å². The fourth-order valence-electron chi connectivity index (χ4n) is 2.60. The Morgan fingerprint density at radius 1 is 1.19 bits per heavy atom. The highest BCUT2D eigenvalue weighted by Crippen LogP contribution is 2.28. The van der Waals surface area contributed by atoms with Gasteiger partial charge in [0.2, 0.25) is 0 Å². The monoisotopic (exact) mass is 366 g/mol. The van der Waals surface area contributed by atoms with Crippen molar-refractivity contribution in [1.82, 2.24) is 20.3 Å². The van der Waals surface area contributed by atoms with E-state index in [-0.39, 0.29) is 6.61 Å². The van der Waals surface area contributed by atoms with Gasteiger partial charge in [-0.2, -0.15) is 0 Å². The smallest absolute Gasteiger partial charge is 0.410 e. The first-order valence-electron chi connectivity index (χ1n) is 8.65. The van der Waals surface area contributed by atoms with Crippen LogP contribution in [0.1, 0.15) is 18.2 Å². The summed E-state index contributed by atoms with van der Waals surface area (Å²) in [6, 6.07) is 13.2. The van der Waals surface area contributed by atoms with Crippen molar-refractivity contribution in [3.05, 3.63) is 59.9 Å². The quantitative estimate of drug-likeness (QED) is 0.724. The Morgan fingerprint density at radius 3 is 2.56 bits per heavy atom. The fraction of sp³-hybridized carbons (Fsp3) is 0.250. The summed E-state index contributed by atoms with van der Waals surface area (Å²) < 4.78 is 7.11. The lowest BCUT2D eigenvalue weighted by molar-refractivity contribution is 0.186. The summed E-state index contributed by atoms with van der Waals surface area (Å²) in [4.78, 5) is 12.1. The van der Waals surface area contributed by atoms with Crippen LogP contribution in [0.5, 0.6) is 5.75 Å². The van der Waals surface area contributed by atoms with E-state index in [1.807, 2.05) is 44.2 Å². The average molecular weight is 366 g/mol. The van der Waals surface area contributed by atoms with Crippen LogP contribution in [0.2, 0.25) is 0 Å². The number of aromatic nitrogens is 3. The molecule has 27 heavy (non-hydrogen) atoms. The van der Waals surface area contributed by atoms with E-state index in [2.05, 4.69) is 15.6 Å². The predicted octanol–water partition coefficient (Wildman–Crippen LogP) is 3.02. The highest BCUT2D eigenvalue weighted by molar-refractivity contribution is 5.74. The van der Waals surface area contributed by atoms with Gasteiger partial charge in [-0.1, -0.05) is 35.0 Å². The van der Waals surface area contributed by atoms with E-state index in [4.69, 9.17) is 9.84 Å². The molecule has 1 heterocycles. The molecule has 1 amide bonds. The summed E-state index contributed by atoms with van der Waals surface area (Å²) in [5, 5.41) is 19.7. The van der Waals surface area contributed by atoms with E-state index in [0.29, 0.717) is 5.75 Å². The minimum absolute atomic E-state index is 0.165. The van der Waals surface area contributed by atoms with Crippen molar-refractivity contribution >= 4 is 6.09 Å². The van der Waals surface area contributed by atoms with Gasteiger partial charge >= 0.3 is 6.09 Å². The summed E-state index contributed by atoms with van der Waals surface area (Å²) in [5.41, 5.74) is 4.65. The zero-order chi connectivity index (χ0) is 19.4. The van der Waals surface area contributed by atoms with Gasteiger partial charge < -0.3 is 15.2 Å². The Balaban J connectivity index is 1.99. The number of aryl methyl sites for hydroxylation is 2. The summed E-state index contributed by atoms with van der Waals surface area (Å²) in [6.45, 7) is 5.45. The van der Waals surface area contributed by atoms with Crippen LogP contribution in [-0.4, -0.2) is 38.8 Å². The predicted molar refractivity (Wildman–Crippen MR) is 102 cm³/mol. The number of hydrogen-bond donors (Lipinski definition) is 2. The largest absolute Gasteiger partial charge is 0.412 e. The van der Waals surface area contributed by atoms with Crippen LogP contribution in [0.4, 0.5) is 4.79 Å². The molecule has 0 aliphatic heterocycles. The second-order valence-corrected chi connectivity index (χ2v) is 6.49. The molecule has 3 rings (SSSR count). The highest BCUT2D eigenvalue weighted by Gasteiger charge is 2.13. The molecule has 0 bridgehead atoms. The van der Waals surface area contributed by atoms with Gasteiger partial charge in [-0.25, -0.2) is 9.48 Å². The summed E-state index contributed by atoms with van der Waals surface area (Å²) in [7, 11) is 0. The summed E-state index contributed by atoms with van der Waals surface area (Å²) in [6.07, 6.45) is 1.04. The minimum atomic E-state index is -0.626. The Labute approximate surface area is 157 Å². The number of amides is 1. The third-order valence-electron chi connectivity index (χ3n) is 4.09. The molecule has 2 N–H and O–H groups in total. The van der Waals surface area contributed by atoms with Gasteiger partial charge in [0.05, 0.1) is 30.2 Å². The second kappa shape index (κ2) is 8.01. The van der Waals surface area contributed by atoms with Gasteiger partial charge in [-0.3, -0.25) is 0 Å². The molecule has 7 nitrogen and oxygen atoms in total. The first-order valence-corrected chi connectivity index (χ1v) is 8.65. The van der Waals surface area contributed by atoms with Gasteiger partial charge in [-0.15, -0.1) is 5.10 Å². The Hall–Kier alpha value is -3.19. The van der Waals surface area contributed by atoms with Gasteiger partial charge in [-0.05, 0) is 44.0 Å². The number of hydrogen-bond acceptors (Lipinski definition) is 5. The molecule has 1 atom stereocenters. The first kappa shape index (κ1) is 18.6. The topological polar surface area (TPSA) is 89.3 Å². The number of benzene rings is 2. The van der Waals surface area contributed by atoms with Crippen LogP contribution in [-0.2, 0) is 0 Å². The normalized spacial score (nSPS) is 11.9. The van der Waals surface area contributed by atoms with E-state index in [0.717, 1.165) is 28.1 Å². The molecule has 0 spiro atoms. The van der Waals surface area contributed by atoms with Crippen molar-refractivity contribution in [3.63, 3.8) is 0 Å². The van der Waals surface area contributed by atoms with Crippen LogP contribution in [0.15, 0.2) is 48.7 Å². The molecule has 0 aliphatic rings. The van der Waals surface area contributed by atoms with Crippen LogP contribution < -0.4 is 10.1 Å². The number of rotatable bonds is 5. The third kappa shape index (κ3) is 4.51. The van der Waals surface area contributed by atoms with E-state index < -0.39 is 12.1 Å². The number of aliphatic hydroxyl groups excluding tert-OH is 1. The third-order valence-corrected chi connectivity index (χ3v) is 4.09. The maximum absolute atomic E-state index is 12.1. The number of aliphatic hydroxyl groups is 1. The lowest BCUT2D eigenvalue weighted by Crippen LogP contribution is -2.37. The SMILES string of the molecule is Cc1ccc(-c2cc(OC(=O)N[C@@H](C)CO)cc(-n3nncc3C)c2)cc1. The molecular weight excluding hydrogens is 344 g/mol. The number of carbonyl (C=O) groups is 1. The standard InChI is InChI=1S/C20H22N4O3/c1-13-4-6-16(7-5-13)17-8-18(24-15(3)11-21-23-24)10-19(9-17)27-20(26)22-14(2)12-25/h4-11,14,25H,12H2,1-3H3,(H,22,26)/t14-/m0/s1. The molecule has 0 saturated carbocycles. The number of nitrogens with zero attached hydrogens (tertiary/aromatic N) is 3. The summed E-state index contributed by atoms with van der Waals surface area (Å²) in [5.74, 6) is 0.376. The molecule has 1 aromatic heterocycles. The van der Waals surface area contributed by atoms with Gasteiger partial charge in [0, 0.05) is 6.07 Å². The van der Waals surface area contributed by atoms with Crippen molar-refractivity contribution in [2.75, 3.05) is 6.61 Å². The first-order chi connectivity index (χ1) is 13.0. The van der Waals surface area contributed by atoms with E-state index in [1.165, 1.54) is 0 Å². The maximum Gasteiger partial charge on any atom is 0.412 e. The van der Waals surface area contributed by atoms with Crippen LogP contribution in [0.25, 0.3) is 16.8 Å². The maximum atomic E-state index is 12.1. The van der Waals surface area contributed by atoms with E-state index in [9.17, 15) is 4.79 Å².